The molecular weight excluding hydrogens is 311 g/mol. The number of halogens is 2. The van der Waals surface area contributed by atoms with Crippen LogP contribution < -0.4 is 10.6 Å². The molecule has 0 aromatic heterocycles. The largest absolute Gasteiger partial charge is 0.351 e. The molecule has 0 unspecified atom stereocenters. The predicted octanol–water partition coefficient (Wildman–Crippen LogP) is 2.71. The van der Waals surface area contributed by atoms with Crippen molar-refractivity contribution in [2.24, 2.45) is 5.41 Å². The molecule has 0 aliphatic carbocycles. The number of benzene rings is 1. The predicted molar refractivity (Wildman–Crippen MR) is 76.6 cm³/mol. The average molecular weight is 329 g/mol. The van der Waals surface area contributed by atoms with E-state index in [0.717, 1.165) is 25.9 Å². The van der Waals surface area contributed by atoms with Crippen molar-refractivity contribution in [2.75, 3.05) is 19.6 Å². The molecule has 1 amide bonds. The summed E-state index contributed by atoms with van der Waals surface area (Å²) in [6, 6.07) is 4.42. The van der Waals surface area contributed by atoms with Crippen molar-refractivity contribution in [3.63, 3.8) is 0 Å². The van der Waals surface area contributed by atoms with Gasteiger partial charge in [0.25, 0.3) is 5.91 Å². The summed E-state index contributed by atoms with van der Waals surface area (Å²) < 4.78 is 13.7. The monoisotopic (exact) mass is 328 g/mol. The zero-order chi connectivity index (χ0) is 13.9. The Labute approximate surface area is 121 Å². The molecule has 0 spiro atoms. The van der Waals surface area contributed by atoms with Gasteiger partial charge in [-0.25, -0.2) is 4.39 Å². The topological polar surface area (TPSA) is 41.1 Å². The van der Waals surface area contributed by atoms with Crippen molar-refractivity contribution in [3.05, 3.63) is 34.1 Å². The van der Waals surface area contributed by atoms with E-state index < -0.39 is 5.82 Å². The normalized spacial score (nSPS) is 18.1. The molecular formula is C14H18BrFN2O. The van der Waals surface area contributed by atoms with Gasteiger partial charge >= 0.3 is 0 Å². The summed E-state index contributed by atoms with van der Waals surface area (Å²) in [5.41, 5.74) is 0.493. The van der Waals surface area contributed by atoms with Crippen molar-refractivity contribution in [2.45, 2.75) is 19.8 Å². The Morgan fingerprint density at radius 1 is 1.47 bits per heavy atom. The Morgan fingerprint density at radius 2 is 2.16 bits per heavy atom. The number of rotatable bonds is 3. The second-order valence-corrected chi connectivity index (χ2v) is 6.23. The molecule has 104 valence electrons. The Bertz CT molecular complexity index is 473. The lowest BCUT2D eigenvalue weighted by atomic mass is 9.81. The van der Waals surface area contributed by atoms with E-state index >= 15 is 0 Å². The van der Waals surface area contributed by atoms with E-state index in [1.54, 1.807) is 12.1 Å². The fourth-order valence-corrected chi connectivity index (χ4v) is 2.49. The Balaban J connectivity index is 1.95. The van der Waals surface area contributed by atoms with Crippen LogP contribution in [0.15, 0.2) is 22.7 Å². The van der Waals surface area contributed by atoms with E-state index in [-0.39, 0.29) is 11.3 Å². The fraction of sp³-hybridized carbons (Fsp3) is 0.500. The summed E-state index contributed by atoms with van der Waals surface area (Å²) in [6.45, 7) is 4.78. The molecule has 0 saturated carbocycles. The highest BCUT2D eigenvalue weighted by Gasteiger charge is 2.27. The Morgan fingerprint density at radius 3 is 2.79 bits per heavy atom. The van der Waals surface area contributed by atoms with E-state index in [9.17, 15) is 9.18 Å². The fourth-order valence-electron chi connectivity index (χ4n) is 2.24. The molecule has 1 aliphatic rings. The molecule has 1 fully saturated rings. The van der Waals surface area contributed by atoms with Gasteiger partial charge in [-0.05, 0) is 65.5 Å². The second-order valence-electron chi connectivity index (χ2n) is 5.37. The molecule has 1 aromatic rings. The van der Waals surface area contributed by atoms with Crippen LogP contribution >= 0.6 is 15.9 Å². The van der Waals surface area contributed by atoms with Crippen LogP contribution in [0.1, 0.15) is 30.1 Å². The summed E-state index contributed by atoms with van der Waals surface area (Å²) in [6.07, 6.45) is 2.09. The van der Waals surface area contributed by atoms with Crippen molar-refractivity contribution < 1.29 is 9.18 Å². The highest BCUT2D eigenvalue weighted by Crippen LogP contribution is 2.26. The molecule has 1 heterocycles. The van der Waals surface area contributed by atoms with Gasteiger partial charge in [0, 0.05) is 12.1 Å². The standard InChI is InChI=1S/C14H18BrFN2O/c1-14(4-6-17-7-5-14)9-18-13(19)10-2-3-11(15)12(16)8-10/h2-3,8,17H,4-7,9H2,1H3,(H,18,19). The van der Waals surface area contributed by atoms with Crippen LogP contribution in [-0.4, -0.2) is 25.5 Å². The quantitative estimate of drug-likeness (QED) is 0.895. The first-order chi connectivity index (χ1) is 9.00. The molecule has 0 bridgehead atoms. The minimum Gasteiger partial charge on any atom is -0.351 e. The van der Waals surface area contributed by atoms with Crippen LogP contribution in [0.3, 0.4) is 0 Å². The third-order valence-corrected chi connectivity index (χ3v) is 4.31. The first-order valence-electron chi connectivity index (χ1n) is 6.44. The zero-order valence-corrected chi connectivity index (χ0v) is 12.5. The molecule has 0 atom stereocenters. The lowest BCUT2D eigenvalue weighted by Gasteiger charge is -2.34. The summed E-state index contributed by atoms with van der Waals surface area (Å²) in [4.78, 5) is 12.0. The van der Waals surface area contributed by atoms with Crippen LogP contribution in [0.25, 0.3) is 0 Å². The first-order valence-corrected chi connectivity index (χ1v) is 7.23. The molecule has 3 nitrogen and oxygen atoms in total. The maximum Gasteiger partial charge on any atom is 0.251 e. The lowest BCUT2D eigenvalue weighted by molar-refractivity contribution is 0.0922. The molecule has 19 heavy (non-hydrogen) atoms. The smallest absolute Gasteiger partial charge is 0.251 e. The van der Waals surface area contributed by atoms with Crippen molar-refractivity contribution >= 4 is 21.8 Å². The number of carbonyl (C=O) groups excluding carboxylic acids is 1. The average Bonchev–Trinajstić information content (AvgIpc) is 2.40. The van der Waals surface area contributed by atoms with Crippen LogP contribution in [0, 0.1) is 11.2 Å². The highest BCUT2D eigenvalue weighted by atomic mass is 79.9. The van der Waals surface area contributed by atoms with Gasteiger partial charge in [0.05, 0.1) is 4.47 Å². The second kappa shape index (κ2) is 6.01. The maximum atomic E-state index is 13.4. The summed E-state index contributed by atoms with van der Waals surface area (Å²) in [5.74, 6) is -0.633. The Kier molecular flexibility index (Phi) is 4.58. The minimum absolute atomic E-state index is 0.134. The van der Waals surface area contributed by atoms with Crippen LogP contribution in [0.4, 0.5) is 4.39 Å². The van der Waals surface area contributed by atoms with Gasteiger partial charge in [-0.2, -0.15) is 0 Å². The van der Waals surface area contributed by atoms with Crippen molar-refractivity contribution in [1.29, 1.82) is 0 Å². The maximum absolute atomic E-state index is 13.4. The van der Waals surface area contributed by atoms with Crippen LogP contribution in [-0.2, 0) is 0 Å². The van der Waals surface area contributed by atoms with E-state index in [1.807, 2.05) is 0 Å². The number of amides is 1. The number of hydrogen-bond acceptors (Lipinski definition) is 2. The van der Waals surface area contributed by atoms with Gasteiger partial charge in [-0.1, -0.05) is 6.92 Å². The van der Waals surface area contributed by atoms with Crippen LogP contribution in [0.5, 0.6) is 0 Å². The molecule has 0 radical (unpaired) electrons. The summed E-state index contributed by atoms with van der Waals surface area (Å²) in [7, 11) is 0. The summed E-state index contributed by atoms with van der Waals surface area (Å²) >= 11 is 3.07. The summed E-state index contributed by atoms with van der Waals surface area (Å²) in [5, 5.41) is 6.21. The van der Waals surface area contributed by atoms with Crippen molar-refractivity contribution in [3.8, 4) is 0 Å². The van der Waals surface area contributed by atoms with E-state index in [0.29, 0.717) is 16.6 Å². The Hall–Kier alpha value is -0.940. The number of carbonyl (C=O) groups is 1. The number of hydrogen-bond donors (Lipinski definition) is 2. The van der Waals surface area contributed by atoms with Crippen LogP contribution in [0.2, 0.25) is 0 Å². The SMILES string of the molecule is CC1(CNC(=O)c2ccc(Br)c(F)c2)CCNCC1. The van der Waals surface area contributed by atoms with Gasteiger partial charge < -0.3 is 10.6 Å². The van der Waals surface area contributed by atoms with Gasteiger partial charge in [-0.3, -0.25) is 4.79 Å². The third kappa shape index (κ3) is 3.76. The van der Waals surface area contributed by atoms with Gasteiger partial charge in [0.2, 0.25) is 0 Å². The first kappa shape index (κ1) is 14.5. The van der Waals surface area contributed by atoms with Crippen molar-refractivity contribution in [1.82, 2.24) is 10.6 Å². The van der Waals surface area contributed by atoms with E-state index in [1.165, 1.54) is 6.07 Å². The van der Waals surface area contributed by atoms with Gasteiger partial charge in [0.1, 0.15) is 5.82 Å². The highest BCUT2D eigenvalue weighted by molar-refractivity contribution is 9.10. The molecule has 1 aliphatic heterocycles. The third-order valence-electron chi connectivity index (χ3n) is 3.67. The molecule has 1 aromatic carbocycles. The van der Waals surface area contributed by atoms with E-state index in [2.05, 4.69) is 33.5 Å². The molecule has 5 heteroatoms. The number of nitrogens with one attached hydrogen (secondary N) is 2. The molecule has 2 rings (SSSR count). The van der Waals surface area contributed by atoms with Gasteiger partial charge in [-0.15, -0.1) is 0 Å². The van der Waals surface area contributed by atoms with E-state index in [4.69, 9.17) is 0 Å². The zero-order valence-electron chi connectivity index (χ0n) is 10.9. The lowest BCUT2D eigenvalue weighted by Crippen LogP contribution is -2.42. The number of piperidine rings is 1. The molecule has 1 saturated heterocycles. The van der Waals surface area contributed by atoms with Gasteiger partial charge in [0.15, 0.2) is 0 Å². The minimum atomic E-state index is -0.416. The molecule has 2 N–H and O–H groups in total.